The van der Waals surface area contributed by atoms with Crippen molar-refractivity contribution in [3.05, 3.63) is 35.1 Å². The summed E-state index contributed by atoms with van der Waals surface area (Å²) in [6.45, 7) is 10.0. The molecule has 0 fully saturated rings. The Bertz CT molecular complexity index is 492. The van der Waals surface area contributed by atoms with Crippen molar-refractivity contribution in [1.29, 1.82) is 0 Å². The highest BCUT2D eigenvalue weighted by Crippen LogP contribution is 2.31. The number of methoxy groups -OCH3 is 1. The summed E-state index contributed by atoms with van der Waals surface area (Å²) in [6, 6.07) is 4.36. The Morgan fingerprint density at radius 1 is 1.20 bits per heavy atom. The van der Waals surface area contributed by atoms with Gasteiger partial charge in [-0.3, -0.25) is 0 Å². The molecule has 0 N–H and O–H groups in total. The normalized spacial score (nSPS) is 12.9. The lowest BCUT2D eigenvalue weighted by Crippen LogP contribution is -2.28. The molecule has 0 saturated carbocycles. The standard InChI is InChI=1S/C15H23FO3Si/c1-14(2,3)20-19-15(4,5)11-8-7-10(9-12(11)16)13(17)18-6/h7-9H,20H2,1-6H3. The van der Waals surface area contributed by atoms with Crippen LogP contribution in [0.1, 0.15) is 50.5 Å². The quantitative estimate of drug-likeness (QED) is 0.633. The van der Waals surface area contributed by atoms with Crippen molar-refractivity contribution in [2.45, 2.75) is 45.3 Å². The van der Waals surface area contributed by atoms with Crippen LogP contribution in [0.15, 0.2) is 18.2 Å². The molecule has 0 heterocycles. The number of ether oxygens (including phenoxy) is 1. The summed E-state index contributed by atoms with van der Waals surface area (Å²) in [5, 5.41) is 0.139. The molecule has 1 aromatic carbocycles. The second kappa shape index (κ2) is 6.05. The van der Waals surface area contributed by atoms with E-state index in [0.717, 1.165) is 0 Å². The van der Waals surface area contributed by atoms with Gasteiger partial charge in [-0.15, -0.1) is 0 Å². The highest BCUT2D eigenvalue weighted by molar-refractivity contribution is 6.31. The zero-order valence-corrected chi connectivity index (χ0v) is 14.5. The highest BCUT2D eigenvalue weighted by atomic mass is 28.2. The molecule has 0 aromatic heterocycles. The summed E-state index contributed by atoms with van der Waals surface area (Å²) in [4.78, 5) is 11.4. The largest absolute Gasteiger partial charge is 0.465 e. The van der Waals surface area contributed by atoms with Gasteiger partial charge in [0.15, 0.2) is 9.76 Å². The van der Waals surface area contributed by atoms with E-state index in [2.05, 4.69) is 25.5 Å². The third kappa shape index (κ3) is 4.42. The predicted molar refractivity (Wildman–Crippen MR) is 80.1 cm³/mol. The smallest absolute Gasteiger partial charge is 0.337 e. The summed E-state index contributed by atoms with van der Waals surface area (Å²) < 4.78 is 24.7. The van der Waals surface area contributed by atoms with E-state index in [1.54, 1.807) is 12.1 Å². The first kappa shape index (κ1) is 16.9. The molecule has 0 atom stereocenters. The molecule has 0 aliphatic heterocycles. The van der Waals surface area contributed by atoms with Gasteiger partial charge in [-0.25, -0.2) is 9.18 Å². The number of hydrogen-bond donors (Lipinski definition) is 0. The Hall–Kier alpha value is -1.20. The van der Waals surface area contributed by atoms with E-state index in [4.69, 9.17) is 4.43 Å². The molecule has 1 rings (SSSR count). The summed E-state index contributed by atoms with van der Waals surface area (Å²) in [5.74, 6) is -0.987. The Labute approximate surface area is 122 Å². The molecular formula is C15H23FO3Si. The predicted octanol–water partition coefficient (Wildman–Crippen LogP) is 3.17. The van der Waals surface area contributed by atoms with Crippen molar-refractivity contribution in [2.75, 3.05) is 7.11 Å². The van der Waals surface area contributed by atoms with Gasteiger partial charge in [-0.2, -0.15) is 0 Å². The van der Waals surface area contributed by atoms with Crippen LogP contribution in [0.5, 0.6) is 0 Å². The van der Waals surface area contributed by atoms with Crippen LogP contribution in [-0.4, -0.2) is 22.8 Å². The number of hydrogen-bond acceptors (Lipinski definition) is 3. The molecular weight excluding hydrogens is 275 g/mol. The van der Waals surface area contributed by atoms with Crippen molar-refractivity contribution >= 4 is 15.7 Å². The number of carbonyl (C=O) groups excluding carboxylic acids is 1. The summed E-state index contributed by atoms with van der Waals surface area (Å²) in [6.07, 6.45) is 0. The van der Waals surface area contributed by atoms with Gasteiger partial charge < -0.3 is 9.16 Å². The van der Waals surface area contributed by atoms with Gasteiger partial charge in [0.2, 0.25) is 0 Å². The van der Waals surface area contributed by atoms with Crippen LogP contribution in [0.4, 0.5) is 4.39 Å². The maximum Gasteiger partial charge on any atom is 0.337 e. The minimum absolute atomic E-state index is 0.139. The van der Waals surface area contributed by atoms with Crippen LogP contribution in [0.3, 0.4) is 0 Å². The van der Waals surface area contributed by atoms with E-state index in [1.807, 2.05) is 13.8 Å². The van der Waals surface area contributed by atoms with Crippen LogP contribution >= 0.6 is 0 Å². The average molecular weight is 298 g/mol. The van der Waals surface area contributed by atoms with E-state index in [9.17, 15) is 9.18 Å². The first-order valence-electron chi connectivity index (χ1n) is 6.59. The number of benzene rings is 1. The molecule has 0 radical (unpaired) electrons. The number of rotatable bonds is 4. The minimum atomic E-state index is -0.802. The average Bonchev–Trinajstić information content (AvgIpc) is 2.34. The Balaban J connectivity index is 2.98. The molecule has 5 heteroatoms. The van der Waals surface area contributed by atoms with Crippen molar-refractivity contribution < 1.29 is 18.3 Å². The topological polar surface area (TPSA) is 35.5 Å². The fraction of sp³-hybridized carbons (Fsp3) is 0.533. The lowest BCUT2D eigenvalue weighted by atomic mass is 9.96. The molecule has 0 unspecified atom stereocenters. The Morgan fingerprint density at radius 2 is 1.80 bits per heavy atom. The van der Waals surface area contributed by atoms with E-state index in [1.165, 1.54) is 13.2 Å². The zero-order valence-electron chi connectivity index (χ0n) is 13.0. The van der Waals surface area contributed by atoms with Gasteiger partial charge >= 0.3 is 5.97 Å². The lowest BCUT2D eigenvalue weighted by Gasteiger charge is -2.30. The Morgan fingerprint density at radius 3 is 2.25 bits per heavy atom. The van der Waals surface area contributed by atoms with Crippen molar-refractivity contribution in [1.82, 2.24) is 0 Å². The second-order valence-electron chi connectivity index (χ2n) is 6.55. The second-order valence-corrected chi connectivity index (χ2v) is 9.24. The third-order valence-electron chi connectivity index (χ3n) is 2.90. The lowest BCUT2D eigenvalue weighted by molar-refractivity contribution is 0.0599. The molecule has 0 aliphatic carbocycles. The molecule has 0 saturated heterocycles. The summed E-state index contributed by atoms with van der Waals surface area (Å²) >= 11 is 0. The van der Waals surface area contributed by atoms with Crippen LogP contribution in [0.25, 0.3) is 0 Å². The van der Waals surface area contributed by atoms with Crippen LogP contribution in [0, 0.1) is 5.82 Å². The molecule has 112 valence electrons. The SMILES string of the molecule is COC(=O)c1ccc(C(C)(C)O[SiH2]C(C)(C)C)c(F)c1. The summed E-state index contributed by atoms with van der Waals surface area (Å²) in [5.41, 5.74) is -0.0300. The van der Waals surface area contributed by atoms with Crippen LogP contribution in [-0.2, 0) is 14.8 Å². The summed E-state index contributed by atoms with van der Waals surface area (Å²) in [7, 11) is 0.472. The van der Waals surface area contributed by atoms with Gasteiger partial charge in [0.25, 0.3) is 0 Å². The fourth-order valence-corrected chi connectivity index (χ4v) is 2.67. The first-order valence-corrected chi connectivity index (χ1v) is 7.87. The molecule has 1 aromatic rings. The zero-order chi connectivity index (χ0) is 15.6. The highest BCUT2D eigenvalue weighted by Gasteiger charge is 2.27. The number of halogens is 1. The first-order chi connectivity index (χ1) is 9.07. The van der Waals surface area contributed by atoms with E-state index < -0.39 is 27.2 Å². The molecule has 0 aliphatic rings. The van der Waals surface area contributed by atoms with Gasteiger partial charge in [-0.05, 0) is 31.0 Å². The number of esters is 1. The van der Waals surface area contributed by atoms with Gasteiger partial charge in [0.05, 0.1) is 18.3 Å². The monoisotopic (exact) mass is 298 g/mol. The molecule has 3 nitrogen and oxygen atoms in total. The minimum Gasteiger partial charge on any atom is -0.465 e. The third-order valence-corrected chi connectivity index (χ3v) is 4.64. The molecule has 0 spiro atoms. The molecule has 20 heavy (non-hydrogen) atoms. The fourth-order valence-electron chi connectivity index (χ4n) is 1.72. The van der Waals surface area contributed by atoms with E-state index in [0.29, 0.717) is 5.56 Å². The maximum absolute atomic E-state index is 14.2. The van der Waals surface area contributed by atoms with Crippen molar-refractivity contribution in [2.24, 2.45) is 0 Å². The van der Waals surface area contributed by atoms with Crippen molar-refractivity contribution in [3.8, 4) is 0 Å². The molecule has 0 amide bonds. The van der Waals surface area contributed by atoms with Crippen LogP contribution < -0.4 is 0 Å². The van der Waals surface area contributed by atoms with E-state index in [-0.39, 0.29) is 10.6 Å². The van der Waals surface area contributed by atoms with Gasteiger partial charge in [0.1, 0.15) is 5.82 Å². The maximum atomic E-state index is 14.2. The van der Waals surface area contributed by atoms with Crippen LogP contribution in [0.2, 0.25) is 5.04 Å². The molecule has 0 bridgehead atoms. The Kier molecular flexibility index (Phi) is 5.10. The van der Waals surface area contributed by atoms with E-state index >= 15 is 0 Å². The number of carbonyl (C=O) groups is 1. The van der Waals surface area contributed by atoms with Crippen molar-refractivity contribution in [3.63, 3.8) is 0 Å². The van der Waals surface area contributed by atoms with Gasteiger partial charge in [0, 0.05) is 5.56 Å². The van der Waals surface area contributed by atoms with Gasteiger partial charge in [-0.1, -0.05) is 26.8 Å².